The third-order valence-electron chi connectivity index (χ3n) is 5.61. The Hall–Kier alpha value is -2.32. The van der Waals surface area contributed by atoms with Crippen molar-refractivity contribution in [3.8, 4) is 11.4 Å². The minimum Gasteiger partial charge on any atom is -0.368 e. The standard InChI is InChI=1S/C20H25FN4O3/c1-13-5-6-15(12-16(13)21)18-22-19(28-23-18)14(2)24-7-9-25(10-8-24)20(26)17-4-3-11-27-17/h5-6,12,14,17H,3-4,7-11H2,1-2H3. The van der Waals surface area contributed by atoms with Crippen LogP contribution in [0.4, 0.5) is 4.39 Å². The van der Waals surface area contributed by atoms with Crippen LogP contribution in [0.2, 0.25) is 0 Å². The van der Waals surface area contributed by atoms with Gasteiger partial charge in [0, 0.05) is 38.3 Å². The van der Waals surface area contributed by atoms with Gasteiger partial charge in [-0.15, -0.1) is 0 Å². The number of carbonyl (C=O) groups is 1. The SMILES string of the molecule is Cc1ccc(-c2noc(C(C)N3CCN(C(=O)C4CCCO4)CC3)n2)cc1F. The number of aryl methyl sites for hydroxylation is 1. The van der Waals surface area contributed by atoms with Crippen LogP contribution in [0.5, 0.6) is 0 Å². The van der Waals surface area contributed by atoms with Crippen LogP contribution in [0.3, 0.4) is 0 Å². The molecular weight excluding hydrogens is 363 g/mol. The fourth-order valence-electron chi connectivity index (χ4n) is 3.72. The van der Waals surface area contributed by atoms with Gasteiger partial charge in [0.25, 0.3) is 5.91 Å². The molecule has 2 atom stereocenters. The molecule has 4 rings (SSSR count). The van der Waals surface area contributed by atoms with Gasteiger partial charge in [-0.3, -0.25) is 9.69 Å². The van der Waals surface area contributed by atoms with Crippen molar-refractivity contribution in [1.82, 2.24) is 19.9 Å². The molecule has 150 valence electrons. The van der Waals surface area contributed by atoms with Crippen LogP contribution in [-0.4, -0.2) is 64.7 Å². The number of carbonyl (C=O) groups excluding carboxylic acids is 1. The zero-order chi connectivity index (χ0) is 19.7. The van der Waals surface area contributed by atoms with Crippen LogP contribution < -0.4 is 0 Å². The fourth-order valence-corrected chi connectivity index (χ4v) is 3.72. The van der Waals surface area contributed by atoms with E-state index in [0.29, 0.717) is 42.5 Å². The van der Waals surface area contributed by atoms with E-state index in [1.54, 1.807) is 19.1 Å². The predicted molar refractivity (Wildman–Crippen MR) is 100.0 cm³/mol. The molecule has 8 heteroatoms. The Morgan fingerprint density at radius 3 is 2.75 bits per heavy atom. The predicted octanol–water partition coefficient (Wildman–Crippen LogP) is 2.57. The Labute approximate surface area is 163 Å². The van der Waals surface area contributed by atoms with Gasteiger partial charge in [-0.05, 0) is 38.3 Å². The molecule has 2 fully saturated rings. The maximum Gasteiger partial charge on any atom is 0.251 e. The summed E-state index contributed by atoms with van der Waals surface area (Å²) in [6.07, 6.45) is 1.51. The Kier molecular flexibility index (Phi) is 5.41. The van der Waals surface area contributed by atoms with Gasteiger partial charge in [-0.25, -0.2) is 4.39 Å². The van der Waals surface area contributed by atoms with Crippen molar-refractivity contribution >= 4 is 5.91 Å². The van der Waals surface area contributed by atoms with Crippen molar-refractivity contribution in [3.63, 3.8) is 0 Å². The minimum absolute atomic E-state index is 0.0727. The topological polar surface area (TPSA) is 71.7 Å². The summed E-state index contributed by atoms with van der Waals surface area (Å²) in [5.74, 6) is 0.693. The molecule has 0 saturated carbocycles. The van der Waals surface area contributed by atoms with E-state index < -0.39 is 0 Å². The number of hydrogen-bond donors (Lipinski definition) is 0. The Morgan fingerprint density at radius 1 is 1.29 bits per heavy atom. The Morgan fingerprint density at radius 2 is 2.07 bits per heavy atom. The molecule has 7 nitrogen and oxygen atoms in total. The molecule has 2 aliphatic rings. The van der Waals surface area contributed by atoms with Gasteiger partial charge in [0.05, 0.1) is 6.04 Å². The van der Waals surface area contributed by atoms with Gasteiger partial charge in [0.1, 0.15) is 11.9 Å². The van der Waals surface area contributed by atoms with Gasteiger partial charge in [-0.1, -0.05) is 17.3 Å². The van der Waals surface area contributed by atoms with Crippen LogP contribution in [-0.2, 0) is 9.53 Å². The van der Waals surface area contributed by atoms with E-state index in [0.717, 1.165) is 25.9 Å². The first-order chi connectivity index (χ1) is 13.5. The van der Waals surface area contributed by atoms with E-state index in [1.165, 1.54) is 6.07 Å². The molecule has 28 heavy (non-hydrogen) atoms. The van der Waals surface area contributed by atoms with Crippen molar-refractivity contribution in [2.45, 2.75) is 38.8 Å². The summed E-state index contributed by atoms with van der Waals surface area (Å²) in [7, 11) is 0. The van der Waals surface area contributed by atoms with Crippen molar-refractivity contribution in [1.29, 1.82) is 0 Å². The number of amides is 1. The molecule has 0 bridgehead atoms. The second kappa shape index (κ2) is 7.97. The number of benzene rings is 1. The molecule has 2 aliphatic heterocycles. The van der Waals surface area contributed by atoms with Crippen LogP contribution in [0.15, 0.2) is 22.7 Å². The number of rotatable bonds is 4. The summed E-state index contributed by atoms with van der Waals surface area (Å²) in [5, 5.41) is 4.01. The van der Waals surface area contributed by atoms with Crippen LogP contribution in [0.1, 0.15) is 37.3 Å². The van der Waals surface area contributed by atoms with Crippen LogP contribution in [0, 0.1) is 12.7 Å². The summed E-state index contributed by atoms with van der Waals surface area (Å²) in [6, 6.07) is 4.84. The summed E-state index contributed by atoms with van der Waals surface area (Å²) in [4.78, 5) is 21.0. The van der Waals surface area contributed by atoms with E-state index >= 15 is 0 Å². The number of piperazine rings is 1. The molecule has 1 amide bonds. The van der Waals surface area contributed by atoms with Crippen molar-refractivity contribution in [3.05, 3.63) is 35.5 Å². The fraction of sp³-hybridized carbons (Fsp3) is 0.550. The maximum absolute atomic E-state index is 13.8. The smallest absolute Gasteiger partial charge is 0.251 e. The van der Waals surface area contributed by atoms with Gasteiger partial charge in [0.15, 0.2) is 0 Å². The Balaban J connectivity index is 1.37. The lowest BCUT2D eigenvalue weighted by atomic mass is 10.1. The van der Waals surface area contributed by atoms with Crippen molar-refractivity contribution < 1.29 is 18.4 Å². The number of aromatic nitrogens is 2. The molecular formula is C20H25FN4O3. The molecule has 2 aromatic rings. The van der Waals surface area contributed by atoms with E-state index in [2.05, 4.69) is 15.0 Å². The normalized spacial score (nSPS) is 21.8. The van der Waals surface area contributed by atoms with Gasteiger partial charge in [0.2, 0.25) is 11.7 Å². The quantitative estimate of drug-likeness (QED) is 0.802. The van der Waals surface area contributed by atoms with Crippen LogP contribution >= 0.6 is 0 Å². The van der Waals surface area contributed by atoms with E-state index in [-0.39, 0.29) is 23.9 Å². The van der Waals surface area contributed by atoms with Crippen molar-refractivity contribution in [2.24, 2.45) is 0 Å². The molecule has 0 spiro atoms. The molecule has 1 aromatic carbocycles. The lowest BCUT2D eigenvalue weighted by Crippen LogP contribution is -2.51. The largest absolute Gasteiger partial charge is 0.368 e. The molecule has 2 saturated heterocycles. The summed E-state index contributed by atoms with van der Waals surface area (Å²) >= 11 is 0. The number of hydrogen-bond acceptors (Lipinski definition) is 6. The van der Waals surface area contributed by atoms with Gasteiger partial charge in [-0.2, -0.15) is 4.98 Å². The zero-order valence-electron chi connectivity index (χ0n) is 16.2. The number of nitrogens with zero attached hydrogens (tertiary/aromatic N) is 4. The monoisotopic (exact) mass is 388 g/mol. The first-order valence-corrected chi connectivity index (χ1v) is 9.77. The third kappa shape index (κ3) is 3.79. The molecule has 0 N–H and O–H groups in total. The average molecular weight is 388 g/mol. The third-order valence-corrected chi connectivity index (χ3v) is 5.61. The highest BCUT2D eigenvalue weighted by atomic mass is 19.1. The number of halogens is 1. The van der Waals surface area contributed by atoms with Crippen molar-refractivity contribution in [2.75, 3.05) is 32.8 Å². The summed E-state index contributed by atoms with van der Waals surface area (Å²) in [6.45, 7) is 7.18. The second-order valence-corrected chi connectivity index (χ2v) is 7.46. The average Bonchev–Trinajstić information content (AvgIpc) is 3.41. The minimum atomic E-state index is -0.288. The van der Waals surface area contributed by atoms with E-state index in [9.17, 15) is 9.18 Å². The summed E-state index contributed by atoms with van der Waals surface area (Å²) in [5.41, 5.74) is 1.17. The Bertz CT molecular complexity index is 842. The zero-order valence-corrected chi connectivity index (χ0v) is 16.2. The second-order valence-electron chi connectivity index (χ2n) is 7.46. The maximum atomic E-state index is 13.8. The first kappa shape index (κ1) is 19.0. The summed E-state index contributed by atoms with van der Waals surface area (Å²) < 4.78 is 24.7. The molecule has 0 aliphatic carbocycles. The molecule has 3 heterocycles. The van der Waals surface area contributed by atoms with Gasteiger partial charge < -0.3 is 14.2 Å². The molecule has 0 radical (unpaired) electrons. The lowest BCUT2D eigenvalue weighted by Gasteiger charge is -2.37. The molecule has 2 unspecified atom stereocenters. The van der Waals surface area contributed by atoms with E-state index in [1.807, 2.05) is 11.8 Å². The highest BCUT2D eigenvalue weighted by Crippen LogP contribution is 2.25. The lowest BCUT2D eigenvalue weighted by molar-refractivity contribution is -0.143. The number of ether oxygens (including phenoxy) is 1. The highest BCUT2D eigenvalue weighted by molar-refractivity contribution is 5.81. The first-order valence-electron chi connectivity index (χ1n) is 9.77. The van der Waals surface area contributed by atoms with Crippen LogP contribution in [0.25, 0.3) is 11.4 Å². The van der Waals surface area contributed by atoms with Gasteiger partial charge >= 0.3 is 0 Å². The highest BCUT2D eigenvalue weighted by Gasteiger charge is 2.32. The molecule has 1 aromatic heterocycles. The van der Waals surface area contributed by atoms with E-state index in [4.69, 9.17) is 9.26 Å².